The van der Waals surface area contributed by atoms with Crippen molar-refractivity contribution in [2.45, 2.75) is 13.5 Å². The summed E-state index contributed by atoms with van der Waals surface area (Å²) in [5.74, 6) is 1.55. The summed E-state index contributed by atoms with van der Waals surface area (Å²) in [6, 6.07) is 27.9. The maximum atomic E-state index is 12.4. The Bertz CT molecular complexity index is 1220. The summed E-state index contributed by atoms with van der Waals surface area (Å²) in [6.45, 7) is 2.36. The second-order valence-electron chi connectivity index (χ2n) is 7.36. The van der Waals surface area contributed by atoms with Crippen molar-refractivity contribution in [1.29, 1.82) is 0 Å². The van der Waals surface area contributed by atoms with E-state index in [0.29, 0.717) is 6.61 Å². The largest absolute Gasteiger partial charge is 0.496 e. The predicted molar refractivity (Wildman–Crippen MR) is 132 cm³/mol. The molecule has 0 N–H and O–H groups in total. The first-order valence-electron chi connectivity index (χ1n) is 10.4. The minimum absolute atomic E-state index is 0.00947. The number of hydrogen-bond acceptors (Lipinski definition) is 4. The van der Waals surface area contributed by atoms with Gasteiger partial charge in [0.2, 0.25) is 0 Å². The highest BCUT2D eigenvalue weighted by molar-refractivity contribution is 7.14. The molecule has 0 saturated carbocycles. The van der Waals surface area contributed by atoms with E-state index in [-0.39, 0.29) is 5.78 Å². The van der Waals surface area contributed by atoms with E-state index in [1.54, 1.807) is 13.2 Å². The predicted octanol–water partition coefficient (Wildman–Crippen LogP) is 7.21. The summed E-state index contributed by atoms with van der Waals surface area (Å²) in [6.07, 6.45) is 3.44. The van der Waals surface area contributed by atoms with Gasteiger partial charge in [0.25, 0.3) is 0 Å². The molecule has 0 atom stereocenters. The summed E-state index contributed by atoms with van der Waals surface area (Å²) in [5.41, 5.74) is 4.16. The molecule has 0 fully saturated rings. The summed E-state index contributed by atoms with van der Waals surface area (Å²) >= 11 is 1.50. The number of thiophene rings is 1. The minimum atomic E-state index is 0.00947. The molecule has 32 heavy (non-hydrogen) atoms. The number of methoxy groups -OCH3 is 1. The van der Waals surface area contributed by atoms with Crippen LogP contribution in [-0.2, 0) is 6.61 Å². The number of hydrogen-bond donors (Lipinski definition) is 0. The van der Waals surface area contributed by atoms with E-state index < -0.39 is 0 Å². The van der Waals surface area contributed by atoms with Gasteiger partial charge >= 0.3 is 0 Å². The van der Waals surface area contributed by atoms with E-state index in [4.69, 9.17) is 9.47 Å². The van der Waals surface area contributed by atoms with Crippen molar-refractivity contribution >= 4 is 23.2 Å². The molecule has 0 unspecified atom stereocenters. The van der Waals surface area contributed by atoms with Gasteiger partial charge in [-0.2, -0.15) is 0 Å². The van der Waals surface area contributed by atoms with Gasteiger partial charge in [0.1, 0.15) is 18.1 Å². The molecule has 3 aromatic carbocycles. The van der Waals surface area contributed by atoms with Gasteiger partial charge in [-0.3, -0.25) is 4.79 Å². The Hall–Kier alpha value is -3.63. The molecule has 0 saturated heterocycles. The van der Waals surface area contributed by atoms with Crippen molar-refractivity contribution in [3.05, 3.63) is 112 Å². The number of allylic oxidation sites excluding steroid dienone is 1. The third kappa shape index (κ3) is 5.34. The smallest absolute Gasteiger partial charge is 0.195 e. The maximum absolute atomic E-state index is 12.4. The highest BCUT2D eigenvalue weighted by Crippen LogP contribution is 2.25. The third-order valence-corrected chi connectivity index (χ3v) is 6.09. The summed E-state index contributed by atoms with van der Waals surface area (Å²) in [5, 5.41) is 0. The topological polar surface area (TPSA) is 35.5 Å². The van der Waals surface area contributed by atoms with Crippen LogP contribution >= 0.6 is 11.3 Å². The summed E-state index contributed by atoms with van der Waals surface area (Å²) in [4.78, 5) is 14.2. The van der Waals surface area contributed by atoms with E-state index in [2.05, 4.69) is 24.3 Å². The zero-order valence-corrected chi connectivity index (χ0v) is 18.9. The molecule has 4 heteroatoms. The lowest BCUT2D eigenvalue weighted by atomic mass is 10.1. The Morgan fingerprint density at radius 1 is 0.906 bits per heavy atom. The Balaban J connectivity index is 1.45. The fourth-order valence-corrected chi connectivity index (χ4v) is 4.16. The average molecular weight is 441 g/mol. The van der Waals surface area contributed by atoms with Crippen LogP contribution in [0.4, 0.5) is 0 Å². The zero-order valence-electron chi connectivity index (χ0n) is 18.1. The van der Waals surface area contributed by atoms with Crippen molar-refractivity contribution in [2.75, 3.05) is 7.11 Å². The van der Waals surface area contributed by atoms with Crippen LogP contribution in [-0.4, -0.2) is 12.9 Å². The Morgan fingerprint density at radius 2 is 1.66 bits per heavy atom. The Labute approximate surface area is 192 Å². The van der Waals surface area contributed by atoms with Gasteiger partial charge in [-0.1, -0.05) is 54.6 Å². The molecular weight excluding hydrogens is 416 g/mol. The van der Waals surface area contributed by atoms with Crippen LogP contribution in [0.3, 0.4) is 0 Å². The molecular formula is C28H24O3S. The lowest BCUT2D eigenvalue weighted by Gasteiger charge is -2.12. The van der Waals surface area contributed by atoms with E-state index in [1.807, 2.05) is 73.7 Å². The first kappa shape index (κ1) is 21.6. The molecule has 0 bridgehead atoms. The molecule has 0 radical (unpaired) electrons. The molecule has 0 aliphatic carbocycles. The lowest BCUT2D eigenvalue weighted by Crippen LogP contribution is -1.99. The molecule has 0 spiro atoms. The standard InChI is InChI=1S/C28H24O3S/c1-20-8-17-28(32-20)26(29)15-9-21-10-16-27(30-2)24(18-21)19-31-25-13-11-23(12-14-25)22-6-4-3-5-7-22/h3-18H,19H2,1-2H3/b15-9+. The average Bonchev–Trinajstić information content (AvgIpc) is 3.28. The van der Waals surface area contributed by atoms with Gasteiger partial charge in [-0.25, -0.2) is 0 Å². The number of ketones is 1. The monoisotopic (exact) mass is 440 g/mol. The highest BCUT2D eigenvalue weighted by atomic mass is 32.1. The first-order valence-corrected chi connectivity index (χ1v) is 11.2. The van der Waals surface area contributed by atoms with Gasteiger partial charge in [0.05, 0.1) is 12.0 Å². The molecule has 0 aliphatic heterocycles. The number of carbonyl (C=O) groups is 1. The summed E-state index contributed by atoms with van der Waals surface area (Å²) in [7, 11) is 1.64. The zero-order chi connectivity index (χ0) is 22.3. The number of benzene rings is 3. The second kappa shape index (κ2) is 10.1. The van der Waals surface area contributed by atoms with E-state index in [9.17, 15) is 4.79 Å². The molecule has 4 aromatic rings. The normalized spacial score (nSPS) is 10.9. The summed E-state index contributed by atoms with van der Waals surface area (Å²) < 4.78 is 11.5. The molecule has 160 valence electrons. The van der Waals surface area contributed by atoms with E-state index in [1.165, 1.54) is 16.9 Å². The van der Waals surface area contributed by atoms with Crippen LogP contribution < -0.4 is 9.47 Å². The first-order chi connectivity index (χ1) is 15.6. The number of rotatable bonds is 8. The molecule has 4 rings (SSSR count). The van der Waals surface area contributed by atoms with Crippen molar-refractivity contribution < 1.29 is 14.3 Å². The van der Waals surface area contributed by atoms with Crippen LogP contribution in [0.2, 0.25) is 0 Å². The van der Waals surface area contributed by atoms with Crippen LogP contribution in [0.15, 0.2) is 91.0 Å². The van der Waals surface area contributed by atoms with Crippen molar-refractivity contribution in [1.82, 2.24) is 0 Å². The highest BCUT2D eigenvalue weighted by Gasteiger charge is 2.07. The number of ether oxygens (including phenoxy) is 2. The second-order valence-corrected chi connectivity index (χ2v) is 8.65. The quantitative estimate of drug-likeness (QED) is 0.215. The number of carbonyl (C=O) groups excluding carboxylic acids is 1. The fraction of sp³-hybridized carbons (Fsp3) is 0.107. The third-order valence-electron chi connectivity index (χ3n) is 5.07. The van der Waals surface area contributed by atoms with Crippen LogP contribution in [0.25, 0.3) is 17.2 Å². The van der Waals surface area contributed by atoms with Crippen LogP contribution in [0.1, 0.15) is 25.7 Å². The van der Waals surface area contributed by atoms with Gasteiger partial charge in [0, 0.05) is 10.4 Å². The van der Waals surface area contributed by atoms with Gasteiger partial charge in [-0.15, -0.1) is 11.3 Å². The Kier molecular flexibility index (Phi) is 6.83. The maximum Gasteiger partial charge on any atom is 0.195 e. The fourth-order valence-electron chi connectivity index (χ4n) is 3.37. The SMILES string of the molecule is COc1ccc(/C=C/C(=O)c2ccc(C)s2)cc1COc1ccc(-c2ccccc2)cc1. The van der Waals surface area contributed by atoms with E-state index in [0.717, 1.165) is 37.9 Å². The van der Waals surface area contributed by atoms with Crippen molar-refractivity contribution in [3.8, 4) is 22.6 Å². The van der Waals surface area contributed by atoms with E-state index >= 15 is 0 Å². The Morgan fingerprint density at radius 3 is 2.34 bits per heavy atom. The van der Waals surface area contributed by atoms with Crippen molar-refractivity contribution in [3.63, 3.8) is 0 Å². The minimum Gasteiger partial charge on any atom is -0.496 e. The van der Waals surface area contributed by atoms with Gasteiger partial charge in [0.15, 0.2) is 5.78 Å². The molecule has 0 amide bonds. The van der Waals surface area contributed by atoms with Crippen molar-refractivity contribution in [2.24, 2.45) is 0 Å². The molecule has 0 aliphatic rings. The molecule has 3 nitrogen and oxygen atoms in total. The molecule has 1 heterocycles. The van der Waals surface area contributed by atoms with Crippen LogP contribution in [0, 0.1) is 6.92 Å². The van der Waals surface area contributed by atoms with Gasteiger partial charge < -0.3 is 9.47 Å². The lowest BCUT2D eigenvalue weighted by molar-refractivity contribution is 0.105. The molecule has 1 aromatic heterocycles. The number of aryl methyl sites for hydroxylation is 1. The van der Waals surface area contributed by atoms with Gasteiger partial charge in [-0.05, 0) is 66.1 Å². The van der Waals surface area contributed by atoms with Crippen LogP contribution in [0.5, 0.6) is 11.5 Å².